The highest BCUT2D eigenvalue weighted by Crippen LogP contribution is 2.19. The summed E-state index contributed by atoms with van der Waals surface area (Å²) >= 11 is 0. The minimum Gasteiger partial charge on any atom is -0.462 e. The van der Waals surface area contributed by atoms with Crippen molar-refractivity contribution in [2.24, 2.45) is 0 Å². The first kappa shape index (κ1) is 74.9. The van der Waals surface area contributed by atoms with Gasteiger partial charge in [0.25, 0.3) is 0 Å². The Balaban J connectivity index is 3.99. The summed E-state index contributed by atoms with van der Waals surface area (Å²) in [7, 11) is 0. The first-order valence-electron chi connectivity index (χ1n) is 34.8. The molecule has 0 radical (unpaired) electrons. The fourth-order valence-corrected chi connectivity index (χ4v) is 10.7. The molecule has 1 unspecified atom stereocenters. The second-order valence-corrected chi connectivity index (χ2v) is 23.8. The maximum Gasteiger partial charge on any atom is 0.306 e. The van der Waals surface area contributed by atoms with E-state index in [0.717, 1.165) is 89.9 Å². The van der Waals surface area contributed by atoms with Crippen molar-refractivity contribution >= 4 is 17.9 Å². The molecule has 0 aromatic heterocycles. The highest BCUT2D eigenvalue weighted by atomic mass is 16.6. The highest BCUT2D eigenvalue weighted by Gasteiger charge is 2.19. The fraction of sp³-hybridized carbons (Fsp3) is 0.901. The molecule has 454 valence electrons. The van der Waals surface area contributed by atoms with Crippen LogP contribution in [0.25, 0.3) is 0 Å². The molecule has 0 saturated carbocycles. The van der Waals surface area contributed by atoms with Gasteiger partial charge in [-0.15, -0.1) is 0 Å². The molecule has 0 heterocycles. The number of hydrogen-bond donors (Lipinski definition) is 0. The van der Waals surface area contributed by atoms with Gasteiger partial charge in [0.15, 0.2) is 6.10 Å². The van der Waals surface area contributed by atoms with Gasteiger partial charge in [0, 0.05) is 19.3 Å². The first-order valence-corrected chi connectivity index (χ1v) is 34.8. The zero-order valence-corrected chi connectivity index (χ0v) is 52.3. The molecule has 0 aliphatic carbocycles. The summed E-state index contributed by atoms with van der Waals surface area (Å²) in [6, 6.07) is 0. The van der Waals surface area contributed by atoms with Crippen LogP contribution in [0.4, 0.5) is 0 Å². The zero-order valence-electron chi connectivity index (χ0n) is 52.3. The van der Waals surface area contributed by atoms with Crippen LogP contribution in [0.1, 0.15) is 393 Å². The molecular formula is C71H134O6. The van der Waals surface area contributed by atoms with Crippen LogP contribution in [-0.2, 0) is 28.6 Å². The highest BCUT2D eigenvalue weighted by molar-refractivity contribution is 5.71. The van der Waals surface area contributed by atoms with E-state index in [2.05, 4.69) is 45.1 Å². The number of unbranched alkanes of at least 4 members (excludes halogenated alkanes) is 50. The van der Waals surface area contributed by atoms with E-state index in [4.69, 9.17) is 14.2 Å². The van der Waals surface area contributed by atoms with Crippen molar-refractivity contribution < 1.29 is 28.6 Å². The van der Waals surface area contributed by atoms with Crippen molar-refractivity contribution in [2.75, 3.05) is 13.2 Å². The number of rotatable bonds is 65. The molecule has 6 heteroatoms. The maximum absolute atomic E-state index is 12.9. The summed E-state index contributed by atoms with van der Waals surface area (Å²) in [6.45, 7) is 6.63. The normalized spacial score (nSPS) is 12.1. The van der Waals surface area contributed by atoms with Crippen LogP contribution in [0, 0.1) is 0 Å². The molecule has 0 spiro atoms. The van der Waals surface area contributed by atoms with Crippen LogP contribution in [0.5, 0.6) is 0 Å². The van der Waals surface area contributed by atoms with Crippen LogP contribution in [0.3, 0.4) is 0 Å². The summed E-state index contributed by atoms with van der Waals surface area (Å²) < 4.78 is 16.9. The lowest BCUT2D eigenvalue weighted by Gasteiger charge is -2.18. The van der Waals surface area contributed by atoms with Gasteiger partial charge in [-0.2, -0.15) is 0 Å². The average molecular weight is 1080 g/mol. The van der Waals surface area contributed by atoms with Gasteiger partial charge in [-0.05, 0) is 44.9 Å². The van der Waals surface area contributed by atoms with E-state index < -0.39 is 6.10 Å². The lowest BCUT2D eigenvalue weighted by molar-refractivity contribution is -0.167. The SMILES string of the molecule is CCC/C=C\C/C=C\CCCCCCCC(=O)OC(COC(=O)CCCCCCCCCCCCCC)COC(=O)CCCCCCCCCCCCCCCCCCCCCCCCCCCCCCCCCCCC. The van der Waals surface area contributed by atoms with Crippen LogP contribution in [0.2, 0.25) is 0 Å². The van der Waals surface area contributed by atoms with Gasteiger partial charge in [-0.25, -0.2) is 0 Å². The maximum atomic E-state index is 12.9. The Morgan fingerprint density at radius 1 is 0.260 bits per heavy atom. The molecule has 0 rings (SSSR count). The van der Waals surface area contributed by atoms with Crippen LogP contribution in [-0.4, -0.2) is 37.2 Å². The van der Waals surface area contributed by atoms with E-state index >= 15 is 0 Å². The Kier molecular flexibility index (Phi) is 64.6. The van der Waals surface area contributed by atoms with Crippen LogP contribution < -0.4 is 0 Å². The van der Waals surface area contributed by atoms with Gasteiger partial charge in [0.1, 0.15) is 13.2 Å². The lowest BCUT2D eigenvalue weighted by Crippen LogP contribution is -2.30. The number of esters is 3. The van der Waals surface area contributed by atoms with Gasteiger partial charge in [-0.1, -0.05) is 353 Å². The number of ether oxygens (including phenoxy) is 3. The molecule has 0 N–H and O–H groups in total. The Morgan fingerprint density at radius 2 is 0.494 bits per heavy atom. The van der Waals surface area contributed by atoms with Crippen molar-refractivity contribution in [3.05, 3.63) is 24.3 Å². The Labute approximate surface area is 481 Å². The Hall–Kier alpha value is -2.11. The molecule has 0 aromatic rings. The van der Waals surface area contributed by atoms with Gasteiger partial charge in [0.05, 0.1) is 0 Å². The van der Waals surface area contributed by atoms with E-state index in [9.17, 15) is 14.4 Å². The summed E-state index contributed by atoms with van der Waals surface area (Å²) in [6.07, 6.45) is 81.0. The van der Waals surface area contributed by atoms with Crippen LogP contribution >= 0.6 is 0 Å². The summed E-state index contributed by atoms with van der Waals surface area (Å²) in [5, 5.41) is 0. The Bertz CT molecular complexity index is 1240. The number of hydrogen-bond acceptors (Lipinski definition) is 6. The van der Waals surface area contributed by atoms with E-state index in [1.54, 1.807) is 0 Å². The smallest absolute Gasteiger partial charge is 0.306 e. The molecule has 0 amide bonds. The fourth-order valence-electron chi connectivity index (χ4n) is 10.7. The molecule has 0 aliphatic heterocycles. The number of carbonyl (C=O) groups is 3. The van der Waals surface area contributed by atoms with Crippen molar-refractivity contribution in [2.45, 2.75) is 399 Å². The molecule has 0 aromatic carbocycles. The second kappa shape index (κ2) is 66.4. The molecule has 0 aliphatic rings. The molecular weight excluding hydrogens is 949 g/mol. The van der Waals surface area contributed by atoms with Gasteiger partial charge < -0.3 is 14.2 Å². The summed E-state index contributed by atoms with van der Waals surface area (Å²) in [5.41, 5.74) is 0. The molecule has 0 saturated heterocycles. The van der Waals surface area contributed by atoms with Gasteiger partial charge in [-0.3, -0.25) is 14.4 Å². The van der Waals surface area contributed by atoms with Gasteiger partial charge in [0.2, 0.25) is 0 Å². The van der Waals surface area contributed by atoms with Crippen molar-refractivity contribution in [3.63, 3.8) is 0 Å². The topological polar surface area (TPSA) is 78.9 Å². The van der Waals surface area contributed by atoms with Crippen molar-refractivity contribution in [3.8, 4) is 0 Å². The third-order valence-corrected chi connectivity index (χ3v) is 15.9. The van der Waals surface area contributed by atoms with Crippen molar-refractivity contribution in [1.29, 1.82) is 0 Å². The largest absolute Gasteiger partial charge is 0.462 e. The predicted molar refractivity (Wildman–Crippen MR) is 335 cm³/mol. The standard InChI is InChI=1S/C71H134O6/c1-4-7-10-13-16-19-22-25-26-27-28-29-30-31-32-33-34-35-36-37-38-39-40-41-42-43-44-45-47-49-52-55-58-61-64-70(73)76-67-68(66-75-69(72)63-60-57-54-51-48-24-21-18-15-12-9-6-3)77-71(74)65-62-59-56-53-50-46-23-20-17-14-11-8-5-2/h11,14,20,23,68H,4-10,12-13,15-19,21-22,24-67H2,1-3H3/b14-11-,23-20-. The van der Waals surface area contributed by atoms with E-state index in [0.29, 0.717) is 19.3 Å². The van der Waals surface area contributed by atoms with E-state index in [-0.39, 0.29) is 31.1 Å². The zero-order chi connectivity index (χ0) is 55.7. The quantitative estimate of drug-likeness (QED) is 0.0261. The molecule has 77 heavy (non-hydrogen) atoms. The Morgan fingerprint density at radius 3 is 0.766 bits per heavy atom. The number of carbonyl (C=O) groups excluding carboxylic acids is 3. The third kappa shape index (κ3) is 64.6. The third-order valence-electron chi connectivity index (χ3n) is 15.9. The monoisotopic (exact) mass is 1080 g/mol. The molecule has 6 nitrogen and oxygen atoms in total. The van der Waals surface area contributed by atoms with Crippen LogP contribution in [0.15, 0.2) is 24.3 Å². The van der Waals surface area contributed by atoms with Gasteiger partial charge >= 0.3 is 17.9 Å². The summed E-state index contributed by atoms with van der Waals surface area (Å²) in [5.74, 6) is -0.861. The van der Waals surface area contributed by atoms with Crippen molar-refractivity contribution in [1.82, 2.24) is 0 Å². The minimum atomic E-state index is -0.774. The molecule has 0 fully saturated rings. The second-order valence-electron chi connectivity index (χ2n) is 23.8. The molecule has 0 bridgehead atoms. The number of allylic oxidation sites excluding steroid dienone is 4. The van der Waals surface area contributed by atoms with E-state index in [1.807, 2.05) is 0 Å². The summed E-state index contributed by atoms with van der Waals surface area (Å²) in [4.78, 5) is 38.2. The van der Waals surface area contributed by atoms with E-state index in [1.165, 1.54) is 263 Å². The predicted octanol–water partition coefficient (Wildman–Crippen LogP) is 23.8. The first-order chi connectivity index (χ1) is 38.0. The minimum absolute atomic E-state index is 0.0714. The molecule has 1 atom stereocenters. The average Bonchev–Trinajstić information content (AvgIpc) is 3.43. The lowest BCUT2D eigenvalue weighted by atomic mass is 10.0.